The van der Waals surface area contributed by atoms with Crippen LogP contribution in [0.3, 0.4) is 0 Å². The van der Waals surface area contributed by atoms with Crippen molar-refractivity contribution in [2.45, 2.75) is 6.18 Å². The second-order valence-electron chi connectivity index (χ2n) is 5.78. The Hall–Kier alpha value is -2.60. The summed E-state index contributed by atoms with van der Waals surface area (Å²) >= 11 is 6.03. The number of pyridine rings is 1. The lowest BCUT2D eigenvalue weighted by Crippen LogP contribution is -2.12. The van der Waals surface area contributed by atoms with Crippen molar-refractivity contribution in [2.24, 2.45) is 7.05 Å². The van der Waals surface area contributed by atoms with Gasteiger partial charge in [0.05, 0.1) is 10.6 Å². The van der Waals surface area contributed by atoms with Crippen LogP contribution < -0.4 is 5.43 Å². The molecule has 0 radical (unpaired) electrons. The molecular formula is C19H12ClF4NO. The highest BCUT2D eigenvalue weighted by Gasteiger charge is 2.30. The number of hydrogen-bond donors (Lipinski definition) is 0. The predicted molar refractivity (Wildman–Crippen MR) is 92.5 cm³/mol. The third-order valence-corrected chi connectivity index (χ3v) is 4.19. The maximum Gasteiger partial charge on any atom is 0.416 e. The SMILES string of the molecule is Cn1cc(-c2cccc(C(F)(F)F)c2)c(=O)c(-c2ccc(F)cc2Cl)c1. The Morgan fingerprint density at radius 1 is 0.962 bits per heavy atom. The molecule has 1 aromatic heterocycles. The minimum Gasteiger partial charge on any atom is -0.356 e. The van der Waals surface area contributed by atoms with Gasteiger partial charge in [0.1, 0.15) is 5.82 Å². The summed E-state index contributed by atoms with van der Waals surface area (Å²) in [6, 6.07) is 8.15. The number of nitrogens with zero attached hydrogens (tertiary/aromatic N) is 1. The Morgan fingerprint density at radius 3 is 2.31 bits per heavy atom. The molecule has 2 nitrogen and oxygen atoms in total. The third-order valence-electron chi connectivity index (χ3n) is 3.88. The van der Waals surface area contributed by atoms with Crippen LogP contribution in [0.15, 0.2) is 59.7 Å². The lowest BCUT2D eigenvalue weighted by Gasteiger charge is -2.12. The molecule has 134 valence electrons. The van der Waals surface area contributed by atoms with Gasteiger partial charge in [-0.3, -0.25) is 4.79 Å². The van der Waals surface area contributed by atoms with E-state index >= 15 is 0 Å². The lowest BCUT2D eigenvalue weighted by atomic mass is 9.99. The fourth-order valence-electron chi connectivity index (χ4n) is 2.68. The van der Waals surface area contributed by atoms with E-state index in [4.69, 9.17) is 11.6 Å². The first-order chi connectivity index (χ1) is 12.2. The lowest BCUT2D eigenvalue weighted by molar-refractivity contribution is -0.137. The molecule has 0 saturated carbocycles. The zero-order valence-corrected chi connectivity index (χ0v) is 14.2. The summed E-state index contributed by atoms with van der Waals surface area (Å²) in [4.78, 5) is 12.9. The van der Waals surface area contributed by atoms with Gasteiger partial charge in [-0.1, -0.05) is 23.7 Å². The monoisotopic (exact) mass is 381 g/mol. The van der Waals surface area contributed by atoms with Crippen molar-refractivity contribution in [1.29, 1.82) is 0 Å². The average molecular weight is 382 g/mol. The molecule has 0 fully saturated rings. The van der Waals surface area contributed by atoms with E-state index < -0.39 is 23.0 Å². The van der Waals surface area contributed by atoms with Crippen molar-refractivity contribution in [1.82, 2.24) is 4.57 Å². The maximum absolute atomic E-state index is 13.3. The molecular weight excluding hydrogens is 370 g/mol. The van der Waals surface area contributed by atoms with Gasteiger partial charge in [-0.25, -0.2) is 4.39 Å². The van der Waals surface area contributed by atoms with E-state index in [0.29, 0.717) is 5.56 Å². The molecule has 0 N–H and O–H groups in total. The molecule has 2 aromatic carbocycles. The van der Waals surface area contributed by atoms with Gasteiger partial charge in [-0.2, -0.15) is 13.2 Å². The van der Waals surface area contributed by atoms with Crippen LogP contribution in [0.25, 0.3) is 22.3 Å². The third kappa shape index (κ3) is 3.51. The second kappa shape index (κ2) is 6.61. The van der Waals surface area contributed by atoms with Crippen molar-refractivity contribution in [3.05, 3.63) is 81.5 Å². The van der Waals surface area contributed by atoms with Gasteiger partial charge in [0, 0.05) is 36.1 Å². The summed E-state index contributed by atoms with van der Waals surface area (Å²) < 4.78 is 53.7. The average Bonchev–Trinajstić information content (AvgIpc) is 2.56. The highest BCUT2D eigenvalue weighted by atomic mass is 35.5. The van der Waals surface area contributed by atoms with Gasteiger partial charge in [-0.15, -0.1) is 0 Å². The van der Waals surface area contributed by atoms with Crippen LogP contribution in [0.5, 0.6) is 0 Å². The molecule has 0 saturated heterocycles. The van der Waals surface area contributed by atoms with E-state index in [0.717, 1.165) is 24.3 Å². The molecule has 0 aliphatic carbocycles. The van der Waals surface area contributed by atoms with Crippen LogP contribution in [-0.4, -0.2) is 4.57 Å². The van der Waals surface area contributed by atoms with Gasteiger partial charge in [-0.05, 0) is 35.9 Å². The molecule has 3 rings (SSSR count). The molecule has 0 aliphatic rings. The van der Waals surface area contributed by atoms with Crippen molar-refractivity contribution in [3.8, 4) is 22.3 Å². The molecule has 7 heteroatoms. The quantitative estimate of drug-likeness (QED) is 0.535. The number of rotatable bonds is 2. The summed E-state index contributed by atoms with van der Waals surface area (Å²) in [5.41, 5.74) is -0.620. The molecule has 0 unspecified atom stereocenters. The molecule has 0 spiro atoms. The van der Waals surface area contributed by atoms with E-state index in [-0.39, 0.29) is 21.7 Å². The Kier molecular flexibility index (Phi) is 4.63. The minimum absolute atomic E-state index is 0.0447. The van der Waals surface area contributed by atoms with Gasteiger partial charge in [0.15, 0.2) is 5.43 Å². The largest absolute Gasteiger partial charge is 0.416 e. The maximum atomic E-state index is 13.3. The number of hydrogen-bond acceptors (Lipinski definition) is 1. The minimum atomic E-state index is -4.51. The van der Waals surface area contributed by atoms with E-state index in [1.165, 1.54) is 30.6 Å². The zero-order chi connectivity index (χ0) is 19.1. The molecule has 26 heavy (non-hydrogen) atoms. The van der Waals surface area contributed by atoms with E-state index in [9.17, 15) is 22.4 Å². The summed E-state index contributed by atoms with van der Waals surface area (Å²) in [5.74, 6) is -0.551. The van der Waals surface area contributed by atoms with Crippen molar-refractivity contribution >= 4 is 11.6 Å². The Morgan fingerprint density at radius 2 is 1.65 bits per heavy atom. The zero-order valence-electron chi connectivity index (χ0n) is 13.4. The van der Waals surface area contributed by atoms with Gasteiger partial charge < -0.3 is 4.57 Å². The molecule has 0 atom stereocenters. The summed E-state index contributed by atoms with van der Waals surface area (Å²) in [7, 11) is 1.64. The molecule has 0 aliphatic heterocycles. The highest BCUT2D eigenvalue weighted by Crippen LogP contribution is 2.32. The normalized spacial score (nSPS) is 11.6. The van der Waals surface area contributed by atoms with Crippen molar-refractivity contribution in [3.63, 3.8) is 0 Å². The number of alkyl halides is 3. The number of benzene rings is 2. The van der Waals surface area contributed by atoms with E-state index in [1.807, 2.05) is 0 Å². The van der Waals surface area contributed by atoms with Gasteiger partial charge in [0.25, 0.3) is 0 Å². The van der Waals surface area contributed by atoms with Crippen LogP contribution in [0.1, 0.15) is 5.56 Å². The van der Waals surface area contributed by atoms with Crippen molar-refractivity contribution < 1.29 is 17.6 Å². The van der Waals surface area contributed by atoms with E-state index in [1.54, 1.807) is 11.6 Å². The predicted octanol–water partition coefficient (Wildman–Crippen LogP) is 5.53. The first-order valence-electron chi connectivity index (χ1n) is 7.50. The fraction of sp³-hybridized carbons (Fsp3) is 0.105. The summed E-state index contributed by atoms with van der Waals surface area (Å²) in [5, 5.41) is 0.0447. The van der Waals surface area contributed by atoms with Crippen LogP contribution >= 0.6 is 11.6 Å². The van der Waals surface area contributed by atoms with Crippen LogP contribution in [0.4, 0.5) is 17.6 Å². The Balaban J connectivity index is 2.22. The van der Waals surface area contributed by atoms with Crippen LogP contribution in [0, 0.1) is 5.82 Å². The number of aryl methyl sites for hydroxylation is 1. The van der Waals surface area contributed by atoms with Gasteiger partial charge >= 0.3 is 6.18 Å². The Labute approximate surface area is 151 Å². The highest BCUT2D eigenvalue weighted by molar-refractivity contribution is 6.33. The fourth-order valence-corrected chi connectivity index (χ4v) is 2.94. The van der Waals surface area contributed by atoms with Crippen molar-refractivity contribution in [2.75, 3.05) is 0 Å². The van der Waals surface area contributed by atoms with E-state index in [2.05, 4.69) is 0 Å². The van der Waals surface area contributed by atoms with Crippen LogP contribution in [0.2, 0.25) is 5.02 Å². The number of aromatic nitrogens is 1. The summed E-state index contributed by atoms with van der Waals surface area (Å²) in [6.45, 7) is 0. The second-order valence-corrected chi connectivity index (χ2v) is 6.19. The molecule has 0 amide bonds. The Bertz CT molecular complexity index is 1040. The smallest absolute Gasteiger partial charge is 0.356 e. The first kappa shape index (κ1) is 18.2. The topological polar surface area (TPSA) is 22.0 Å². The number of halogens is 5. The summed E-state index contributed by atoms with van der Waals surface area (Å²) in [6.07, 6.45) is -1.57. The van der Waals surface area contributed by atoms with Gasteiger partial charge in [0.2, 0.25) is 0 Å². The molecule has 1 heterocycles. The molecule has 0 bridgehead atoms. The molecule has 3 aromatic rings. The first-order valence-corrected chi connectivity index (χ1v) is 7.88. The van der Waals surface area contributed by atoms with Crippen LogP contribution in [-0.2, 0) is 13.2 Å². The standard InChI is InChI=1S/C19H12ClF4NO/c1-25-9-15(11-3-2-4-12(7-11)19(22,23)24)18(26)16(10-25)14-6-5-13(21)8-17(14)20/h2-10H,1H3.